The van der Waals surface area contributed by atoms with E-state index in [0.29, 0.717) is 17.5 Å². The van der Waals surface area contributed by atoms with Gasteiger partial charge in [-0.25, -0.2) is 9.59 Å². The number of benzene rings is 2. The van der Waals surface area contributed by atoms with Crippen molar-refractivity contribution in [2.75, 3.05) is 13.6 Å². The van der Waals surface area contributed by atoms with Crippen LogP contribution in [0.1, 0.15) is 48.3 Å². The summed E-state index contributed by atoms with van der Waals surface area (Å²) in [4.78, 5) is 46.1. The molecule has 3 N–H and O–H groups in total. The van der Waals surface area contributed by atoms with Crippen molar-refractivity contribution in [1.82, 2.24) is 10.2 Å². The maximum absolute atomic E-state index is 12.6. The van der Waals surface area contributed by atoms with E-state index in [9.17, 15) is 19.5 Å². The molecule has 9 heteroatoms. The van der Waals surface area contributed by atoms with Gasteiger partial charge in [0.15, 0.2) is 6.04 Å². The zero-order valence-corrected chi connectivity index (χ0v) is 19.0. The van der Waals surface area contributed by atoms with E-state index in [2.05, 4.69) is 5.32 Å². The minimum Gasteiger partial charge on any atom is -0.483 e. The summed E-state index contributed by atoms with van der Waals surface area (Å²) in [6.07, 6.45) is -0.132. The molecule has 2 aromatic carbocycles. The Balaban J connectivity index is 0.00000122. The molecule has 1 aliphatic rings. The van der Waals surface area contributed by atoms with E-state index in [-0.39, 0.29) is 18.9 Å². The lowest BCUT2D eigenvalue weighted by Crippen LogP contribution is -2.45. The average Bonchev–Trinajstić information content (AvgIpc) is 2.76. The third-order valence-electron chi connectivity index (χ3n) is 4.97. The number of hydrogen-bond acceptors (Lipinski definition) is 5. The zero-order valence-electron chi connectivity index (χ0n) is 19.0. The highest BCUT2D eigenvalue weighted by Crippen LogP contribution is 2.37. The topological polar surface area (TPSA) is 133 Å². The zero-order chi connectivity index (χ0) is 24.8. The molecule has 1 heterocycles. The summed E-state index contributed by atoms with van der Waals surface area (Å²) in [6, 6.07) is 11.5. The number of hydrogen-bond donors (Lipinski definition) is 3. The van der Waals surface area contributed by atoms with Gasteiger partial charge in [0.05, 0.1) is 0 Å². The second kappa shape index (κ2) is 10.6. The van der Waals surface area contributed by atoms with E-state index in [1.807, 2.05) is 18.2 Å². The number of carboxylic acids is 1. The largest absolute Gasteiger partial charge is 0.483 e. The predicted octanol–water partition coefficient (Wildman–Crippen LogP) is 3.33. The van der Waals surface area contributed by atoms with Crippen LogP contribution in [0.15, 0.2) is 42.5 Å². The Bertz CT molecular complexity index is 1030. The van der Waals surface area contributed by atoms with Gasteiger partial charge in [-0.3, -0.25) is 14.5 Å². The molecule has 1 atom stereocenters. The van der Waals surface area contributed by atoms with Gasteiger partial charge < -0.3 is 20.3 Å². The van der Waals surface area contributed by atoms with Crippen LogP contribution in [0.4, 0.5) is 4.79 Å². The highest BCUT2D eigenvalue weighted by atomic mass is 16.6. The molecule has 0 saturated heterocycles. The summed E-state index contributed by atoms with van der Waals surface area (Å²) in [5.74, 6) is -1.27. The molecular weight excluding hydrogens is 428 g/mol. The number of carbonyl (C=O) groups excluding carboxylic acids is 2. The number of ether oxygens (including phenoxy) is 1. The van der Waals surface area contributed by atoms with Gasteiger partial charge in [-0.05, 0) is 61.6 Å². The third kappa shape index (κ3) is 6.09. The second-order valence-electron chi connectivity index (χ2n) is 8.30. The average molecular weight is 456 g/mol. The van der Waals surface area contributed by atoms with E-state index < -0.39 is 23.7 Å². The number of nitrogens with one attached hydrogen (secondary N) is 1. The Labute approximate surface area is 192 Å². The Morgan fingerprint density at radius 1 is 1.12 bits per heavy atom. The normalized spacial score (nSPS) is 14.8. The van der Waals surface area contributed by atoms with Crippen molar-refractivity contribution >= 4 is 24.4 Å². The molecule has 33 heavy (non-hydrogen) atoms. The quantitative estimate of drug-likeness (QED) is 0.603. The van der Waals surface area contributed by atoms with E-state index in [1.165, 1.54) is 4.90 Å². The van der Waals surface area contributed by atoms with Crippen LogP contribution in [-0.2, 0) is 20.7 Å². The second-order valence-corrected chi connectivity index (χ2v) is 8.30. The van der Waals surface area contributed by atoms with Gasteiger partial charge in [0.25, 0.3) is 12.4 Å². The molecule has 0 aliphatic carbocycles. The van der Waals surface area contributed by atoms with Crippen molar-refractivity contribution in [1.29, 1.82) is 0 Å². The number of carboxylic acid groups (broad SMARTS) is 2. The summed E-state index contributed by atoms with van der Waals surface area (Å²) in [5, 5.41) is 19.4. The SMILES string of the molecule is CNC(=O)c1ccc(-c2cccc3c2CCN(C(=O)OC(C)(C)C)C3C(=O)O)cc1.O=CO. The minimum atomic E-state index is -1.12. The summed E-state index contributed by atoms with van der Waals surface area (Å²) in [6.45, 7) is 5.24. The number of fused-ring (bicyclic) bond motifs is 1. The van der Waals surface area contributed by atoms with Crippen LogP contribution >= 0.6 is 0 Å². The molecule has 2 aromatic rings. The Kier molecular flexibility index (Phi) is 8.17. The number of carbonyl (C=O) groups is 4. The van der Waals surface area contributed by atoms with Crippen molar-refractivity contribution in [2.24, 2.45) is 0 Å². The van der Waals surface area contributed by atoms with Gasteiger partial charge in [-0.2, -0.15) is 0 Å². The van der Waals surface area contributed by atoms with Crippen molar-refractivity contribution in [2.45, 2.75) is 38.8 Å². The first-order chi connectivity index (χ1) is 15.5. The molecule has 0 radical (unpaired) electrons. The van der Waals surface area contributed by atoms with Crippen LogP contribution in [0.25, 0.3) is 11.1 Å². The first kappa shape index (κ1) is 25.4. The Morgan fingerprint density at radius 2 is 1.73 bits per heavy atom. The molecule has 3 rings (SSSR count). The van der Waals surface area contributed by atoms with Crippen LogP contribution < -0.4 is 5.32 Å². The van der Waals surface area contributed by atoms with Gasteiger partial charge in [0.2, 0.25) is 0 Å². The molecule has 1 unspecified atom stereocenters. The number of nitrogens with zero attached hydrogens (tertiary/aromatic N) is 1. The monoisotopic (exact) mass is 456 g/mol. The Hall–Kier alpha value is -3.88. The first-order valence-corrected chi connectivity index (χ1v) is 10.3. The summed E-state index contributed by atoms with van der Waals surface area (Å²) >= 11 is 0. The number of aliphatic carboxylic acids is 1. The lowest BCUT2D eigenvalue weighted by atomic mass is 9.86. The van der Waals surface area contributed by atoms with Crippen molar-refractivity contribution in [3.63, 3.8) is 0 Å². The van der Waals surface area contributed by atoms with Crippen molar-refractivity contribution in [3.05, 3.63) is 59.2 Å². The van der Waals surface area contributed by atoms with E-state index >= 15 is 0 Å². The summed E-state index contributed by atoms with van der Waals surface area (Å²) in [7, 11) is 1.58. The minimum absolute atomic E-state index is 0.171. The maximum Gasteiger partial charge on any atom is 0.411 e. The van der Waals surface area contributed by atoms with Crippen LogP contribution in [0.3, 0.4) is 0 Å². The fraction of sp³-hybridized carbons (Fsp3) is 0.333. The molecule has 0 bridgehead atoms. The maximum atomic E-state index is 12.6. The highest BCUT2D eigenvalue weighted by molar-refractivity contribution is 5.94. The van der Waals surface area contributed by atoms with E-state index in [4.69, 9.17) is 14.6 Å². The van der Waals surface area contributed by atoms with Crippen molar-refractivity contribution in [3.8, 4) is 11.1 Å². The van der Waals surface area contributed by atoms with E-state index in [0.717, 1.165) is 16.7 Å². The van der Waals surface area contributed by atoms with Crippen LogP contribution in [0, 0.1) is 0 Å². The highest BCUT2D eigenvalue weighted by Gasteiger charge is 2.38. The van der Waals surface area contributed by atoms with Gasteiger partial charge in [-0.15, -0.1) is 0 Å². The third-order valence-corrected chi connectivity index (χ3v) is 4.97. The number of amides is 2. The molecular formula is C24H28N2O7. The molecule has 0 fully saturated rings. The molecule has 2 amide bonds. The van der Waals surface area contributed by atoms with Crippen LogP contribution in [0.5, 0.6) is 0 Å². The molecule has 1 aliphatic heterocycles. The first-order valence-electron chi connectivity index (χ1n) is 10.3. The molecule has 9 nitrogen and oxygen atoms in total. The van der Waals surface area contributed by atoms with Gasteiger partial charge >= 0.3 is 12.1 Å². The number of rotatable bonds is 3. The molecule has 0 saturated carbocycles. The summed E-state index contributed by atoms with van der Waals surface area (Å²) in [5.41, 5.74) is 3.07. The van der Waals surface area contributed by atoms with Gasteiger partial charge in [-0.1, -0.05) is 30.3 Å². The van der Waals surface area contributed by atoms with Gasteiger partial charge in [0, 0.05) is 19.2 Å². The summed E-state index contributed by atoms with van der Waals surface area (Å²) < 4.78 is 5.42. The van der Waals surface area contributed by atoms with Gasteiger partial charge in [0.1, 0.15) is 5.60 Å². The molecule has 0 spiro atoms. The van der Waals surface area contributed by atoms with E-state index in [1.54, 1.807) is 52.1 Å². The van der Waals surface area contributed by atoms with Crippen LogP contribution in [0.2, 0.25) is 0 Å². The fourth-order valence-corrected chi connectivity index (χ4v) is 3.67. The fourth-order valence-electron chi connectivity index (χ4n) is 3.67. The Morgan fingerprint density at radius 3 is 2.24 bits per heavy atom. The molecule has 176 valence electrons. The smallest absolute Gasteiger partial charge is 0.411 e. The predicted molar refractivity (Wildman–Crippen MR) is 121 cm³/mol. The standard InChI is InChI=1S/C23H26N2O5.CH2O2/c1-23(2,3)30-22(29)25-13-12-17-16(6-5-7-18(17)19(25)21(27)28)14-8-10-15(11-9-14)20(26)24-4;2-1-3/h5-11,19H,12-13H2,1-4H3,(H,24,26)(H,27,28);1H,(H,2,3). The van der Waals surface area contributed by atoms with Crippen molar-refractivity contribution < 1.29 is 34.1 Å². The lowest BCUT2D eigenvalue weighted by Gasteiger charge is -2.36. The lowest BCUT2D eigenvalue weighted by molar-refractivity contribution is -0.143. The van der Waals surface area contributed by atoms with Crippen LogP contribution in [-0.4, -0.2) is 58.7 Å². The molecule has 0 aromatic heterocycles.